The summed E-state index contributed by atoms with van der Waals surface area (Å²) in [6, 6.07) is 0. The Balaban J connectivity index is 2.64. The molecule has 0 saturated heterocycles. The Morgan fingerprint density at radius 1 is 1.42 bits per heavy atom. The van der Waals surface area contributed by atoms with E-state index in [0.29, 0.717) is 12.8 Å². The zero-order valence-corrected chi connectivity index (χ0v) is 6.40. The number of hydrogen-bond donors (Lipinski definition) is 0. The molecule has 0 radical (unpaired) electrons. The van der Waals surface area contributed by atoms with Gasteiger partial charge in [0.1, 0.15) is 0 Å². The van der Waals surface area contributed by atoms with Gasteiger partial charge in [-0.15, -0.1) is 0 Å². The molecule has 0 aromatic heterocycles. The number of ketones is 1. The van der Waals surface area contributed by atoms with E-state index in [2.05, 4.69) is 0 Å². The summed E-state index contributed by atoms with van der Waals surface area (Å²) >= 11 is 0. The third-order valence-corrected chi connectivity index (χ3v) is 1.87. The van der Waals surface area contributed by atoms with Crippen LogP contribution in [0.4, 0.5) is 13.2 Å². The van der Waals surface area contributed by atoms with Crippen molar-refractivity contribution < 1.29 is 18.0 Å². The molecule has 0 heterocycles. The lowest BCUT2D eigenvalue weighted by molar-refractivity contribution is -0.174. The number of hydrogen-bond acceptors (Lipinski definition) is 1. The zero-order valence-electron chi connectivity index (χ0n) is 6.40. The molecule has 1 atom stereocenters. The van der Waals surface area contributed by atoms with Crippen molar-refractivity contribution in [2.45, 2.75) is 25.4 Å². The summed E-state index contributed by atoms with van der Waals surface area (Å²) in [5.74, 6) is -2.54. The summed E-state index contributed by atoms with van der Waals surface area (Å²) in [6.07, 6.45) is 0.100. The van der Waals surface area contributed by atoms with Crippen LogP contribution < -0.4 is 0 Å². The van der Waals surface area contributed by atoms with Gasteiger partial charge in [0.15, 0.2) is 0 Å². The Labute approximate surface area is 68.3 Å². The molecule has 68 valence electrons. The SMILES string of the molecule is O=C(C1C=CCCC1)C(F)(F)F. The monoisotopic (exact) mass is 178 g/mol. The molecule has 0 spiro atoms. The third-order valence-electron chi connectivity index (χ3n) is 1.87. The maximum absolute atomic E-state index is 11.9. The molecule has 12 heavy (non-hydrogen) atoms. The molecular weight excluding hydrogens is 169 g/mol. The van der Waals surface area contributed by atoms with E-state index in [1.54, 1.807) is 6.08 Å². The largest absolute Gasteiger partial charge is 0.450 e. The van der Waals surface area contributed by atoms with Crippen LogP contribution in [-0.2, 0) is 4.79 Å². The molecule has 0 fully saturated rings. The smallest absolute Gasteiger partial charge is 0.289 e. The third kappa shape index (κ3) is 2.09. The molecule has 1 rings (SSSR count). The Morgan fingerprint density at radius 2 is 2.08 bits per heavy atom. The van der Waals surface area contributed by atoms with Crippen LogP contribution in [0.3, 0.4) is 0 Å². The molecule has 1 nitrogen and oxygen atoms in total. The van der Waals surface area contributed by atoms with Gasteiger partial charge in [-0.2, -0.15) is 13.2 Å². The topological polar surface area (TPSA) is 17.1 Å². The molecular formula is C8H9F3O. The average molecular weight is 178 g/mol. The minimum absolute atomic E-state index is 0.328. The first-order valence-corrected chi connectivity index (χ1v) is 3.79. The second-order valence-electron chi connectivity index (χ2n) is 2.83. The van der Waals surface area contributed by atoms with Crippen molar-refractivity contribution in [2.24, 2.45) is 5.92 Å². The van der Waals surface area contributed by atoms with Crippen molar-refractivity contribution >= 4 is 5.78 Å². The molecule has 0 aromatic rings. The van der Waals surface area contributed by atoms with Gasteiger partial charge in [-0.25, -0.2) is 0 Å². The summed E-state index contributed by atoms with van der Waals surface area (Å²) in [6.45, 7) is 0. The number of carbonyl (C=O) groups excluding carboxylic acids is 1. The van der Waals surface area contributed by atoms with Gasteiger partial charge in [-0.05, 0) is 19.3 Å². The molecule has 0 aliphatic heterocycles. The number of carbonyl (C=O) groups is 1. The molecule has 0 amide bonds. The van der Waals surface area contributed by atoms with Crippen LogP contribution in [0.25, 0.3) is 0 Å². The van der Waals surface area contributed by atoms with Crippen LogP contribution in [0.5, 0.6) is 0 Å². The Hall–Kier alpha value is -0.800. The standard InChI is InChI=1S/C8H9F3O/c9-8(10,11)7(12)6-4-2-1-3-5-6/h2,4,6H,1,3,5H2. The first-order valence-electron chi connectivity index (χ1n) is 3.79. The molecule has 1 aliphatic carbocycles. The summed E-state index contributed by atoms with van der Waals surface area (Å²) in [5, 5.41) is 0. The van der Waals surface area contributed by atoms with Crippen LogP contribution in [0, 0.1) is 5.92 Å². The highest BCUT2D eigenvalue weighted by Crippen LogP contribution is 2.27. The van der Waals surface area contributed by atoms with Crippen molar-refractivity contribution in [1.82, 2.24) is 0 Å². The predicted octanol–water partition coefficient (Wildman–Crippen LogP) is 2.47. The maximum atomic E-state index is 11.9. The molecule has 0 aromatic carbocycles. The Morgan fingerprint density at radius 3 is 2.50 bits per heavy atom. The van der Waals surface area contributed by atoms with Crippen LogP contribution in [0.15, 0.2) is 12.2 Å². The normalized spacial score (nSPS) is 24.1. The van der Waals surface area contributed by atoms with E-state index >= 15 is 0 Å². The molecule has 4 heteroatoms. The van der Waals surface area contributed by atoms with Gasteiger partial charge in [0, 0.05) is 5.92 Å². The molecule has 0 N–H and O–H groups in total. The number of Topliss-reactive ketones (excluding diaryl/α,β-unsaturated/α-hetero) is 1. The lowest BCUT2D eigenvalue weighted by Gasteiger charge is -2.16. The Bertz CT molecular complexity index is 205. The highest BCUT2D eigenvalue weighted by molar-refractivity contribution is 5.87. The quantitative estimate of drug-likeness (QED) is 0.564. The number of halogens is 3. The Kier molecular flexibility index (Phi) is 2.55. The molecule has 0 saturated carbocycles. The molecule has 1 aliphatic rings. The van der Waals surface area contributed by atoms with E-state index in [1.165, 1.54) is 6.08 Å². The van der Waals surface area contributed by atoms with Crippen molar-refractivity contribution in [2.75, 3.05) is 0 Å². The summed E-state index contributed by atoms with van der Waals surface area (Å²) in [7, 11) is 0. The number of alkyl halides is 3. The zero-order chi connectivity index (χ0) is 9.19. The lowest BCUT2D eigenvalue weighted by Crippen LogP contribution is -2.30. The van der Waals surface area contributed by atoms with Crippen molar-refractivity contribution in [3.8, 4) is 0 Å². The van der Waals surface area contributed by atoms with Gasteiger partial charge in [-0.1, -0.05) is 12.2 Å². The fraction of sp³-hybridized carbons (Fsp3) is 0.625. The summed E-state index contributed by atoms with van der Waals surface area (Å²) < 4.78 is 35.6. The van der Waals surface area contributed by atoms with E-state index < -0.39 is 17.9 Å². The molecule has 0 bridgehead atoms. The summed E-state index contributed by atoms with van der Waals surface area (Å²) in [5.41, 5.74) is 0. The van der Waals surface area contributed by atoms with Gasteiger partial charge >= 0.3 is 6.18 Å². The lowest BCUT2D eigenvalue weighted by atomic mass is 9.92. The minimum Gasteiger partial charge on any atom is -0.289 e. The van der Waals surface area contributed by atoms with E-state index in [0.717, 1.165) is 6.42 Å². The van der Waals surface area contributed by atoms with Gasteiger partial charge in [0.05, 0.1) is 0 Å². The average Bonchev–Trinajstić information content (AvgIpc) is 2.03. The van der Waals surface area contributed by atoms with Gasteiger partial charge in [-0.3, -0.25) is 4.79 Å². The first-order chi connectivity index (χ1) is 5.52. The molecule has 1 unspecified atom stereocenters. The van der Waals surface area contributed by atoms with E-state index in [4.69, 9.17) is 0 Å². The second-order valence-corrected chi connectivity index (χ2v) is 2.83. The maximum Gasteiger partial charge on any atom is 0.450 e. The first kappa shape index (κ1) is 9.29. The van der Waals surface area contributed by atoms with Gasteiger partial charge in [0.2, 0.25) is 5.78 Å². The van der Waals surface area contributed by atoms with Gasteiger partial charge < -0.3 is 0 Å². The van der Waals surface area contributed by atoms with E-state index in [-0.39, 0.29) is 0 Å². The highest BCUT2D eigenvalue weighted by Gasteiger charge is 2.42. The van der Waals surface area contributed by atoms with Crippen LogP contribution in [0.2, 0.25) is 0 Å². The highest BCUT2D eigenvalue weighted by atomic mass is 19.4. The van der Waals surface area contributed by atoms with Crippen molar-refractivity contribution in [3.05, 3.63) is 12.2 Å². The number of allylic oxidation sites excluding steroid dienone is 2. The second kappa shape index (κ2) is 3.29. The van der Waals surface area contributed by atoms with E-state index in [9.17, 15) is 18.0 Å². The van der Waals surface area contributed by atoms with Crippen LogP contribution in [0.1, 0.15) is 19.3 Å². The van der Waals surface area contributed by atoms with E-state index in [1.807, 2.05) is 0 Å². The summed E-state index contributed by atoms with van der Waals surface area (Å²) in [4.78, 5) is 10.6. The fourth-order valence-corrected chi connectivity index (χ4v) is 1.24. The van der Waals surface area contributed by atoms with Crippen LogP contribution in [-0.4, -0.2) is 12.0 Å². The van der Waals surface area contributed by atoms with Crippen molar-refractivity contribution in [3.63, 3.8) is 0 Å². The van der Waals surface area contributed by atoms with Gasteiger partial charge in [0.25, 0.3) is 0 Å². The van der Waals surface area contributed by atoms with Crippen LogP contribution >= 0.6 is 0 Å². The van der Waals surface area contributed by atoms with Crippen molar-refractivity contribution in [1.29, 1.82) is 0 Å². The minimum atomic E-state index is -4.67. The number of rotatable bonds is 1. The fourth-order valence-electron chi connectivity index (χ4n) is 1.24. The predicted molar refractivity (Wildman–Crippen MR) is 37.5 cm³/mol.